The monoisotopic (exact) mass is 242 g/mol. The number of rotatable bonds is 6. The highest BCUT2D eigenvalue weighted by molar-refractivity contribution is 7.53. The fraction of sp³-hybridized carbons (Fsp3) is 0.667. The van der Waals surface area contributed by atoms with Gasteiger partial charge in [-0.3, -0.25) is 14.2 Å². The van der Waals surface area contributed by atoms with Gasteiger partial charge in [-0.15, -0.1) is 0 Å². The lowest BCUT2D eigenvalue weighted by Crippen LogP contribution is -2.37. The van der Waals surface area contributed by atoms with Crippen molar-refractivity contribution in [1.82, 2.24) is 0 Å². The lowest BCUT2D eigenvalue weighted by Gasteiger charge is -2.20. The van der Waals surface area contributed by atoms with Crippen LogP contribution in [-0.2, 0) is 18.9 Å². The number of aliphatic carboxylic acids is 2. The summed E-state index contributed by atoms with van der Waals surface area (Å²) in [4.78, 5) is 38.6. The first-order valence-corrected chi connectivity index (χ1v) is 5.39. The Labute approximate surface area is 84.6 Å². The molecule has 0 rings (SSSR count). The minimum Gasteiger partial charge on any atom is -0.481 e. The second-order valence-electron chi connectivity index (χ2n) is 2.77. The largest absolute Gasteiger partial charge is 0.481 e. The molecule has 0 fully saturated rings. The van der Waals surface area contributed by atoms with Gasteiger partial charge in [0.1, 0.15) is 5.92 Å². The van der Waals surface area contributed by atoms with Gasteiger partial charge in [0, 0.05) is 7.11 Å². The van der Waals surface area contributed by atoms with Crippen LogP contribution >= 0.6 is 7.60 Å². The quantitative estimate of drug-likeness (QED) is 0.433. The van der Waals surface area contributed by atoms with Crippen molar-refractivity contribution < 1.29 is 38.9 Å². The molecule has 0 bridgehead atoms. The number of hydrogen-bond acceptors (Lipinski definition) is 4. The van der Waals surface area contributed by atoms with Crippen molar-refractivity contribution in [2.45, 2.75) is 5.66 Å². The topological polar surface area (TPSA) is 141 Å². The fourth-order valence-electron chi connectivity index (χ4n) is 1.03. The molecule has 0 saturated heterocycles. The minimum atomic E-state index is -5.03. The minimum absolute atomic E-state index is 0.586. The predicted octanol–water partition coefficient (Wildman–Crippen LogP) is -1.04. The van der Waals surface area contributed by atoms with Gasteiger partial charge in [0.15, 0.2) is 5.66 Å². The Balaban J connectivity index is 5.11. The van der Waals surface area contributed by atoms with Gasteiger partial charge in [0.05, 0.1) is 6.61 Å². The van der Waals surface area contributed by atoms with Crippen LogP contribution in [0.1, 0.15) is 0 Å². The molecular weight excluding hydrogens is 231 g/mol. The van der Waals surface area contributed by atoms with Gasteiger partial charge < -0.3 is 24.7 Å². The SMILES string of the molecule is COCC(C(=O)O)C(C(=O)O)P(=O)(O)O. The van der Waals surface area contributed by atoms with Crippen LogP contribution in [0.2, 0.25) is 0 Å². The first kappa shape index (κ1) is 14.1. The van der Waals surface area contributed by atoms with Crippen LogP contribution in [0.5, 0.6) is 0 Å². The number of hydrogen-bond donors (Lipinski definition) is 4. The van der Waals surface area contributed by atoms with E-state index in [9.17, 15) is 14.2 Å². The van der Waals surface area contributed by atoms with Crippen molar-refractivity contribution in [2.24, 2.45) is 5.92 Å². The zero-order valence-electron chi connectivity index (χ0n) is 7.73. The van der Waals surface area contributed by atoms with E-state index in [-0.39, 0.29) is 0 Å². The van der Waals surface area contributed by atoms with E-state index in [1.807, 2.05) is 0 Å². The molecule has 0 heterocycles. The summed E-state index contributed by atoms with van der Waals surface area (Å²) in [5.41, 5.74) is -2.30. The number of carboxylic acid groups (broad SMARTS) is 2. The zero-order chi connectivity index (χ0) is 12.2. The highest BCUT2D eigenvalue weighted by Gasteiger charge is 2.46. The molecule has 0 aliphatic heterocycles. The second-order valence-corrected chi connectivity index (χ2v) is 4.51. The molecule has 0 spiro atoms. The Hall–Kier alpha value is -0.950. The second kappa shape index (κ2) is 5.22. The van der Waals surface area contributed by atoms with Crippen molar-refractivity contribution in [3.8, 4) is 0 Å². The summed E-state index contributed by atoms with van der Waals surface area (Å²) < 4.78 is 15.2. The Morgan fingerprint density at radius 2 is 1.73 bits per heavy atom. The summed E-state index contributed by atoms with van der Waals surface area (Å²) in [5, 5.41) is 17.1. The third kappa shape index (κ3) is 3.96. The summed E-state index contributed by atoms with van der Waals surface area (Å²) in [6.45, 7) is -0.586. The maximum Gasteiger partial charge on any atom is 0.340 e. The summed E-state index contributed by atoms with van der Waals surface area (Å²) in [6, 6.07) is 0. The predicted molar refractivity (Wildman–Crippen MR) is 46.5 cm³/mol. The van der Waals surface area contributed by atoms with E-state index in [0.29, 0.717) is 0 Å². The molecule has 0 aromatic heterocycles. The van der Waals surface area contributed by atoms with Crippen LogP contribution in [0.4, 0.5) is 0 Å². The van der Waals surface area contributed by atoms with Gasteiger partial charge in [0.2, 0.25) is 0 Å². The van der Waals surface area contributed by atoms with Gasteiger partial charge in [0.25, 0.3) is 0 Å². The molecule has 4 N–H and O–H groups in total. The Kier molecular flexibility index (Phi) is 4.89. The number of methoxy groups -OCH3 is 1. The summed E-state index contributed by atoms with van der Waals surface area (Å²) in [5.74, 6) is -5.28. The maximum absolute atomic E-state index is 10.8. The summed E-state index contributed by atoms with van der Waals surface area (Å²) in [6.07, 6.45) is 0. The fourth-order valence-corrected chi connectivity index (χ4v) is 2.00. The van der Waals surface area contributed by atoms with E-state index < -0.39 is 37.7 Å². The number of carboxylic acids is 2. The molecular formula is C6H11O8P. The molecule has 0 radical (unpaired) electrons. The van der Waals surface area contributed by atoms with Gasteiger partial charge in [-0.2, -0.15) is 0 Å². The molecule has 8 nitrogen and oxygen atoms in total. The third-order valence-electron chi connectivity index (χ3n) is 1.66. The zero-order valence-corrected chi connectivity index (χ0v) is 8.63. The average molecular weight is 242 g/mol. The number of ether oxygens (including phenoxy) is 1. The van der Waals surface area contributed by atoms with E-state index >= 15 is 0 Å². The van der Waals surface area contributed by atoms with Crippen molar-refractivity contribution in [3.63, 3.8) is 0 Å². The molecule has 2 atom stereocenters. The molecule has 0 saturated carbocycles. The molecule has 0 aliphatic rings. The third-order valence-corrected chi connectivity index (χ3v) is 2.97. The Bertz CT molecular complexity index is 294. The van der Waals surface area contributed by atoms with Crippen LogP contribution in [0.25, 0.3) is 0 Å². The van der Waals surface area contributed by atoms with Crippen molar-refractivity contribution in [3.05, 3.63) is 0 Å². The highest BCUT2D eigenvalue weighted by Crippen LogP contribution is 2.45. The van der Waals surface area contributed by atoms with E-state index in [1.54, 1.807) is 0 Å². The van der Waals surface area contributed by atoms with Crippen molar-refractivity contribution in [2.75, 3.05) is 13.7 Å². The van der Waals surface area contributed by atoms with Crippen molar-refractivity contribution in [1.29, 1.82) is 0 Å². The van der Waals surface area contributed by atoms with Gasteiger partial charge in [-0.1, -0.05) is 0 Å². The first-order valence-electron chi connectivity index (χ1n) is 3.71. The standard InChI is InChI=1S/C6H11O8P/c1-14-2-3(5(7)8)4(6(9)10)15(11,12)13/h3-4H,2H2,1H3,(H,7,8)(H,9,10)(H2,11,12,13). The number of carbonyl (C=O) groups is 2. The molecule has 0 aromatic rings. The van der Waals surface area contributed by atoms with E-state index in [1.165, 1.54) is 0 Å². The summed E-state index contributed by atoms with van der Waals surface area (Å²) in [7, 11) is -3.93. The Morgan fingerprint density at radius 1 is 1.27 bits per heavy atom. The normalized spacial score (nSPS) is 15.7. The van der Waals surface area contributed by atoms with E-state index in [4.69, 9.17) is 20.0 Å². The molecule has 2 unspecified atom stereocenters. The molecule has 0 aromatic carbocycles. The Morgan fingerprint density at radius 3 is 1.93 bits per heavy atom. The van der Waals surface area contributed by atoms with E-state index in [2.05, 4.69) is 4.74 Å². The van der Waals surface area contributed by atoms with Crippen LogP contribution in [0.3, 0.4) is 0 Å². The highest BCUT2D eigenvalue weighted by atomic mass is 31.2. The van der Waals surface area contributed by atoms with Crippen LogP contribution in [0.15, 0.2) is 0 Å². The van der Waals surface area contributed by atoms with Gasteiger partial charge >= 0.3 is 19.5 Å². The van der Waals surface area contributed by atoms with Crippen LogP contribution in [0, 0.1) is 5.92 Å². The molecule has 0 amide bonds. The lowest BCUT2D eigenvalue weighted by molar-refractivity contribution is -0.150. The van der Waals surface area contributed by atoms with Crippen LogP contribution in [-0.4, -0.2) is 51.3 Å². The first-order chi connectivity index (χ1) is 6.71. The maximum atomic E-state index is 10.8. The lowest BCUT2D eigenvalue weighted by atomic mass is 10.1. The molecule has 9 heteroatoms. The molecule has 15 heavy (non-hydrogen) atoms. The smallest absolute Gasteiger partial charge is 0.340 e. The summed E-state index contributed by atoms with van der Waals surface area (Å²) >= 11 is 0. The van der Waals surface area contributed by atoms with Gasteiger partial charge in [-0.05, 0) is 0 Å². The van der Waals surface area contributed by atoms with E-state index in [0.717, 1.165) is 7.11 Å². The average Bonchev–Trinajstić information content (AvgIpc) is 1.99. The van der Waals surface area contributed by atoms with Crippen molar-refractivity contribution >= 4 is 19.5 Å². The molecule has 0 aliphatic carbocycles. The molecule has 88 valence electrons. The van der Waals surface area contributed by atoms with Crippen LogP contribution < -0.4 is 0 Å². The van der Waals surface area contributed by atoms with Gasteiger partial charge in [-0.25, -0.2) is 0 Å².